The molecule has 0 aromatic heterocycles. The van der Waals surface area contributed by atoms with Crippen LogP contribution in [0.4, 0.5) is 0 Å². The van der Waals surface area contributed by atoms with E-state index >= 15 is 0 Å². The number of rotatable bonds is 4. The highest BCUT2D eigenvalue weighted by atomic mass is 32.2. The highest BCUT2D eigenvalue weighted by Gasteiger charge is 2.54. The maximum absolute atomic E-state index is 13.3. The van der Waals surface area contributed by atoms with E-state index in [-0.39, 0.29) is 4.90 Å². The van der Waals surface area contributed by atoms with Gasteiger partial charge in [0.25, 0.3) is 10.0 Å². The highest BCUT2D eigenvalue weighted by molar-refractivity contribution is 7.89. The van der Waals surface area contributed by atoms with Crippen LogP contribution in [0.25, 0.3) is 0 Å². The van der Waals surface area contributed by atoms with Gasteiger partial charge in [0, 0.05) is 0 Å². The quantitative estimate of drug-likeness (QED) is 0.621. The van der Waals surface area contributed by atoms with Crippen molar-refractivity contribution in [1.82, 2.24) is 4.31 Å². The van der Waals surface area contributed by atoms with Crippen LogP contribution < -0.4 is 0 Å². The fourth-order valence-electron chi connectivity index (χ4n) is 3.63. The largest absolute Gasteiger partial charge is 0.273 e. The summed E-state index contributed by atoms with van der Waals surface area (Å²) in [6.45, 7) is 3.88. The number of aryl methyl sites for hydroxylation is 2. The van der Waals surface area contributed by atoms with Crippen molar-refractivity contribution < 1.29 is 13.2 Å². The van der Waals surface area contributed by atoms with Crippen LogP contribution in [0.1, 0.15) is 34.2 Å². The van der Waals surface area contributed by atoms with Gasteiger partial charge in [-0.2, -0.15) is 0 Å². The summed E-state index contributed by atoms with van der Waals surface area (Å²) in [7, 11) is -3.93. The number of amides is 1. The molecule has 0 N–H and O–H groups in total. The third-order valence-electron chi connectivity index (χ3n) is 5.21. The summed E-state index contributed by atoms with van der Waals surface area (Å²) >= 11 is 0. The number of nitrogens with zero attached hydrogens (tertiary/aromatic N) is 1. The minimum atomic E-state index is -3.93. The second-order valence-electron chi connectivity index (χ2n) is 7.20. The molecular formula is C23H21NO3S. The summed E-state index contributed by atoms with van der Waals surface area (Å²) in [6, 6.07) is 23.1. The van der Waals surface area contributed by atoms with Gasteiger partial charge in [0.15, 0.2) is 0 Å². The molecule has 0 saturated carbocycles. The van der Waals surface area contributed by atoms with Crippen molar-refractivity contribution in [2.75, 3.05) is 0 Å². The number of sulfonamides is 1. The molecule has 0 radical (unpaired) electrons. The molecule has 0 spiro atoms. The molecule has 2 atom stereocenters. The van der Waals surface area contributed by atoms with Gasteiger partial charge < -0.3 is 0 Å². The van der Waals surface area contributed by atoms with Gasteiger partial charge >= 0.3 is 0 Å². The summed E-state index contributed by atoms with van der Waals surface area (Å²) in [5, 5.41) is 0. The molecule has 1 aliphatic heterocycles. The lowest BCUT2D eigenvalue weighted by Crippen LogP contribution is -2.55. The van der Waals surface area contributed by atoms with Crippen molar-refractivity contribution in [3.63, 3.8) is 0 Å². The van der Waals surface area contributed by atoms with Gasteiger partial charge in [-0.05, 0) is 37.1 Å². The fourth-order valence-corrected chi connectivity index (χ4v) is 5.23. The lowest BCUT2D eigenvalue weighted by Gasteiger charge is -2.46. The predicted octanol–water partition coefficient (Wildman–Crippen LogP) is 4.36. The third kappa shape index (κ3) is 3.02. The van der Waals surface area contributed by atoms with Gasteiger partial charge in [-0.1, -0.05) is 77.9 Å². The normalized spacial score (nSPS) is 19.4. The van der Waals surface area contributed by atoms with Crippen LogP contribution in [0.2, 0.25) is 0 Å². The van der Waals surface area contributed by atoms with Crippen LogP contribution in [-0.4, -0.2) is 18.6 Å². The van der Waals surface area contributed by atoms with Crippen molar-refractivity contribution in [3.05, 3.63) is 101 Å². The summed E-state index contributed by atoms with van der Waals surface area (Å²) in [5.41, 5.74) is 3.70. The van der Waals surface area contributed by atoms with E-state index in [0.29, 0.717) is 0 Å². The van der Waals surface area contributed by atoms with Crippen molar-refractivity contribution in [3.8, 4) is 0 Å². The van der Waals surface area contributed by atoms with Crippen LogP contribution in [0.15, 0.2) is 83.8 Å². The van der Waals surface area contributed by atoms with Crippen LogP contribution >= 0.6 is 0 Å². The molecule has 4 nitrogen and oxygen atoms in total. The fraction of sp³-hybridized carbons (Fsp3) is 0.174. The van der Waals surface area contributed by atoms with E-state index in [1.807, 2.05) is 68.4 Å². The van der Waals surface area contributed by atoms with Crippen LogP contribution in [0, 0.1) is 13.8 Å². The number of carbonyl (C=O) groups is 1. The van der Waals surface area contributed by atoms with Crippen LogP contribution in [0.5, 0.6) is 0 Å². The van der Waals surface area contributed by atoms with Crippen molar-refractivity contribution >= 4 is 15.9 Å². The zero-order chi connectivity index (χ0) is 19.9. The van der Waals surface area contributed by atoms with E-state index in [4.69, 9.17) is 0 Å². The number of hydrogen-bond donors (Lipinski definition) is 0. The molecule has 1 fully saturated rings. The number of benzene rings is 3. The number of β-lactam (4-membered cyclic amide) rings is 1. The Hall–Kier alpha value is -2.92. The molecule has 28 heavy (non-hydrogen) atoms. The molecule has 142 valence electrons. The van der Waals surface area contributed by atoms with E-state index in [1.165, 1.54) is 0 Å². The Kier molecular flexibility index (Phi) is 4.55. The first kappa shape index (κ1) is 18.4. The van der Waals surface area contributed by atoms with Gasteiger partial charge in [0.1, 0.15) is 0 Å². The highest BCUT2D eigenvalue weighted by Crippen LogP contribution is 2.49. The molecule has 5 heteroatoms. The zero-order valence-electron chi connectivity index (χ0n) is 15.7. The molecule has 3 aromatic rings. The van der Waals surface area contributed by atoms with E-state index in [9.17, 15) is 13.2 Å². The molecule has 3 aromatic carbocycles. The third-order valence-corrected chi connectivity index (χ3v) is 7.00. The Bertz CT molecular complexity index is 1100. The smallest absolute Gasteiger partial charge is 0.267 e. The maximum Gasteiger partial charge on any atom is 0.267 e. The van der Waals surface area contributed by atoms with Crippen molar-refractivity contribution in [2.24, 2.45) is 0 Å². The Balaban J connectivity index is 1.79. The van der Waals surface area contributed by atoms with Crippen molar-refractivity contribution in [2.45, 2.75) is 30.7 Å². The Labute approximate surface area is 165 Å². The first-order chi connectivity index (χ1) is 13.4. The molecule has 0 bridgehead atoms. The number of carbonyl (C=O) groups excluding carboxylic acids is 1. The minimum Gasteiger partial charge on any atom is -0.273 e. The molecule has 1 amide bonds. The SMILES string of the molecule is Cc1ccc([C@@H]2C(=O)N(S(=O)(=O)c3ccc(C)cc3)[C@H]2c2ccccc2)cc1. The lowest BCUT2D eigenvalue weighted by atomic mass is 9.80. The van der Waals surface area contributed by atoms with E-state index < -0.39 is 27.9 Å². The molecular weight excluding hydrogens is 370 g/mol. The molecule has 0 unspecified atom stereocenters. The number of hydrogen-bond acceptors (Lipinski definition) is 3. The van der Waals surface area contributed by atoms with Crippen LogP contribution in [-0.2, 0) is 14.8 Å². The molecule has 1 saturated heterocycles. The Morgan fingerprint density at radius 2 is 1.25 bits per heavy atom. The van der Waals surface area contributed by atoms with Gasteiger partial charge in [0.05, 0.1) is 16.9 Å². The molecule has 0 aliphatic carbocycles. The Morgan fingerprint density at radius 3 is 1.82 bits per heavy atom. The van der Waals surface area contributed by atoms with Crippen LogP contribution in [0.3, 0.4) is 0 Å². The second-order valence-corrected chi connectivity index (χ2v) is 9.01. The summed E-state index contributed by atoms with van der Waals surface area (Å²) < 4.78 is 27.6. The predicted molar refractivity (Wildman–Crippen MR) is 108 cm³/mol. The van der Waals surface area contributed by atoms with E-state index in [0.717, 1.165) is 26.6 Å². The zero-order valence-corrected chi connectivity index (χ0v) is 16.6. The maximum atomic E-state index is 13.3. The average molecular weight is 391 g/mol. The van der Waals surface area contributed by atoms with E-state index in [2.05, 4.69) is 0 Å². The molecule has 1 aliphatic rings. The van der Waals surface area contributed by atoms with E-state index in [1.54, 1.807) is 24.3 Å². The van der Waals surface area contributed by atoms with Gasteiger partial charge in [-0.25, -0.2) is 12.7 Å². The topological polar surface area (TPSA) is 54.5 Å². The van der Waals surface area contributed by atoms with Gasteiger partial charge in [0.2, 0.25) is 5.91 Å². The first-order valence-corrected chi connectivity index (χ1v) is 10.6. The average Bonchev–Trinajstić information content (AvgIpc) is 2.68. The van der Waals surface area contributed by atoms with Gasteiger partial charge in [-0.15, -0.1) is 0 Å². The summed E-state index contributed by atoms with van der Waals surface area (Å²) in [4.78, 5) is 13.2. The first-order valence-electron chi connectivity index (χ1n) is 9.16. The molecule has 4 rings (SSSR count). The lowest BCUT2D eigenvalue weighted by molar-refractivity contribution is -0.141. The standard InChI is InChI=1S/C23H21NO3S/c1-16-8-12-18(13-9-16)21-22(19-6-4-3-5-7-19)24(23(21)25)28(26,27)20-14-10-17(2)11-15-20/h3-15,21-22H,1-2H3/t21-,22-/m0/s1. The summed E-state index contributed by atoms with van der Waals surface area (Å²) in [5.74, 6) is -0.901. The van der Waals surface area contributed by atoms with Crippen molar-refractivity contribution in [1.29, 1.82) is 0 Å². The second kappa shape index (κ2) is 6.91. The minimum absolute atomic E-state index is 0.134. The molecule has 1 heterocycles. The monoisotopic (exact) mass is 391 g/mol. The Morgan fingerprint density at radius 1 is 0.714 bits per heavy atom. The van der Waals surface area contributed by atoms with Gasteiger partial charge in [-0.3, -0.25) is 4.79 Å². The summed E-state index contributed by atoms with van der Waals surface area (Å²) in [6.07, 6.45) is 0.